The van der Waals surface area contributed by atoms with E-state index < -0.39 is 12.6 Å². The van der Waals surface area contributed by atoms with Gasteiger partial charge in [0.1, 0.15) is 5.75 Å². The number of cyclic esters (lactones) is 1. The third-order valence-corrected chi connectivity index (χ3v) is 2.94. The van der Waals surface area contributed by atoms with Gasteiger partial charge in [0.05, 0.1) is 5.56 Å². The largest absolute Gasteiger partial charge is 0.434 e. The molecule has 116 valence electrons. The van der Waals surface area contributed by atoms with Gasteiger partial charge in [-0.25, -0.2) is 9.79 Å². The first kappa shape index (κ1) is 14.8. The highest BCUT2D eigenvalue weighted by molar-refractivity contribution is 6.13. The Bertz CT molecular complexity index is 789. The van der Waals surface area contributed by atoms with E-state index in [1.807, 2.05) is 0 Å². The molecule has 2 heterocycles. The summed E-state index contributed by atoms with van der Waals surface area (Å²) >= 11 is 0. The van der Waals surface area contributed by atoms with Crippen LogP contribution in [0.4, 0.5) is 8.78 Å². The number of para-hydroxylation sites is 1. The van der Waals surface area contributed by atoms with Crippen molar-refractivity contribution < 1.29 is 23.0 Å². The zero-order valence-electron chi connectivity index (χ0n) is 11.6. The Morgan fingerprint density at radius 3 is 2.74 bits per heavy atom. The van der Waals surface area contributed by atoms with Crippen molar-refractivity contribution in [1.82, 2.24) is 4.98 Å². The summed E-state index contributed by atoms with van der Waals surface area (Å²) in [7, 11) is 0. The number of rotatable bonds is 4. The number of pyridine rings is 1. The lowest BCUT2D eigenvalue weighted by atomic mass is 10.2. The van der Waals surface area contributed by atoms with Gasteiger partial charge in [-0.05, 0) is 29.8 Å². The maximum Gasteiger partial charge on any atom is 0.387 e. The second-order valence-corrected chi connectivity index (χ2v) is 4.50. The van der Waals surface area contributed by atoms with E-state index in [4.69, 9.17) is 4.74 Å². The van der Waals surface area contributed by atoms with Crippen LogP contribution >= 0.6 is 0 Å². The van der Waals surface area contributed by atoms with E-state index in [1.54, 1.807) is 30.6 Å². The number of hydrogen-bond acceptors (Lipinski definition) is 5. The quantitative estimate of drug-likeness (QED) is 0.642. The van der Waals surface area contributed by atoms with E-state index in [0.717, 1.165) is 0 Å². The summed E-state index contributed by atoms with van der Waals surface area (Å²) in [5.41, 5.74) is 0.900. The molecule has 23 heavy (non-hydrogen) atoms. The number of halogens is 2. The average molecular weight is 316 g/mol. The fraction of sp³-hybridized carbons (Fsp3) is 0.0625. The molecule has 0 fully saturated rings. The van der Waals surface area contributed by atoms with Crippen LogP contribution in [0, 0.1) is 0 Å². The fourth-order valence-electron chi connectivity index (χ4n) is 1.99. The maximum atomic E-state index is 12.4. The number of benzene rings is 1. The van der Waals surface area contributed by atoms with E-state index in [1.165, 1.54) is 24.3 Å². The van der Waals surface area contributed by atoms with Crippen molar-refractivity contribution in [3.8, 4) is 5.75 Å². The Balaban J connectivity index is 1.95. The van der Waals surface area contributed by atoms with E-state index in [-0.39, 0.29) is 22.9 Å². The molecule has 0 N–H and O–H groups in total. The van der Waals surface area contributed by atoms with Crippen molar-refractivity contribution in [3.05, 3.63) is 65.6 Å². The van der Waals surface area contributed by atoms with Crippen molar-refractivity contribution in [2.75, 3.05) is 0 Å². The molecule has 1 aliphatic heterocycles. The lowest BCUT2D eigenvalue weighted by molar-refractivity contribution is -0.129. The predicted octanol–water partition coefficient (Wildman–Crippen LogP) is 3.03. The van der Waals surface area contributed by atoms with Crippen LogP contribution in [-0.4, -0.2) is 23.5 Å². The van der Waals surface area contributed by atoms with E-state index in [0.29, 0.717) is 5.56 Å². The summed E-state index contributed by atoms with van der Waals surface area (Å²) in [4.78, 5) is 19.9. The number of carbonyl (C=O) groups excluding carboxylic acids is 1. The van der Waals surface area contributed by atoms with Crippen molar-refractivity contribution in [2.24, 2.45) is 4.99 Å². The highest BCUT2D eigenvalue weighted by Gasteiger charge is 2.26. The number of aliphatic imine (C=N–C) groups is 1. The first-order valence-corrected chi connectivity index (χ1v) is 6.60. The van der Waals surface area contributed by atoms with Crippen LogP contribution in [0.1, 0.15) is 11.1 Å². The Morgan fingerprint density at radius 2 is 2.00 bits per heavy atom. The zero-order valence-corrected chi connectivity index (χ0v) is 11.6. The molecule has 3 rings (SSSR count). The Kier molecular flexibility index (Phi) is 4.09. The molecule has 2 aromatic rings. The highest BCUT2D eigenvalue weighted by atomic mass is 19.3. The lowest BCUT2D eigenvalue weighted by Crippen LogP contribution is -2.10. The van der Waals surface area contributed by atoms with Gasteiger partial charge >= 0.3 is 12.6 Å². The third-order valence-electron chi connectivity index (χ3n) is 2.94. The summed E-state index contributed by atoms with van der Waals surface area (Å²) in [6.07, 6.45) is 4.65. The number of nitrogens with zero attached hydrogens (tertiary/aromatic N) is 2. The molecule has 0 bridgehead atoms. The fourth-order valence-corrected chi connectivity index (χ4v) is 1.99. The standard InChI is InChI=1S/C16H10F2N2O3/c17-16(18)22-13-6-2-1-5-11(13)14-20-12(15(21)23-14)8-10-4-3-7-19-9-10/h1-9,16H/b12-8-. The first-order chi connectivity index (χ1) is 11.1. The molecule has 0 saturated heterocycles. The van der Waals surface area contributed by atoms with Crippen LogP contribution in [0.25, 0.3) is 6.08 Å². The van der Waals surface area contributed by atoms with Gasteiger partial charge in [-0.15, -0.1) is 0 Å². The minimum atomic E-state index is -2.99. The van der Waals surface area contributed by atoms with Crippen LogP contribution in [-0.2, 0) is 9.53 Å². The predicted molar refractivity (Wildman–Crippen MR) is 77.9 cm³/mol. The number of carbonyl (C=O) groups is 1. The van der Waals surface area contributed by atoms with Gasteiger partial charge in [0, 0.05) is 12.4 Å². The van der Waals surface area contributed by atoms with Gasteiger partial charge in [0.2, 0.25) is 5.90 Å². The van der Waals surface area contributed by atoms with Gasteiger partial charge in [-0.1, -0.05) is 18.2 Å². The molecule has 7 heteroatoms. The molecular formula is C16H10F2N2O3. The van der Waals surface area contributed by atoms with Crippen molar-refractivity contribution in [3.63, 3.8) is 0 Å². The average Bonchev–Trinajstić information content (AvgIpc) is 2.89. The highest BCUT2D eigenvalue weighted by Crippen LogP contribution is 2.26. The normalized spacial score (nSPS) is 15.7. The summed E-state index contributed by atoms with van der Waals surface area (Å²) < 4.78 is 34.3. The van der Waals surface area contributed by atoms with E-state index in [2.05, 4.69) is 14.7 Å². The number of esters is 1. The topological polar surface area (TPSA) is 60.8 Å². The van der Waals surface area contributed by atoms with Gasteiger partial charge in [0.25, 0.3) is 0 Å². The molecule has 5 nitrogen and oxygen atoms in total. The lowest BCUT2D eigenvalue weighted by Gasteiger charge is -2.08. The van der Waals surface area contributed by atoms with Crippen molar-refractivity contribution in [1.29, 1.82) is 0 Å². The Morgan fingerprint density at radius 1 is 1.17 bits per heavy atom. The SMILES string of the molecule is O=C1OC(c2ccccc2OC(F)F)=N/C1=C\c1cccnc1. The Labute approximate surface area is 129 Å². The van der Waals surface area contributed by atoms with Crippen LogP contribution in [0.5, 0.6) is 5.75 Å². The van der Waals surface area contributed by atoms with Crippen LogP contribution in [0.2, 0.25) is 0 Å². The summed E-state index contributed by atoms with van der Waals surface area (Å²) in [5.74, 6) is -0.867. The molecular weight excluding hydrogens is 306 g/mol. The first-order valence-electron chi connectivity index (χ1n) is 6.60. The van der Waals surface area contributed by atoms with Gasteiger partial charge in [-0.2, -0.15) is 8.78 Å². The molecule has 0 radical (unpaired) electrons. The maximum absolute atomic E-state index is 12.4. The molecule has 1 aromatic heterocycles. The molecule has 0 atom stereocenters. The summed E-state index contributed by atoms with van der Waals surface area (Å²) in [6.45, 7) is -2.99. The van der Waals surface area contributed by atoms with Crippen molar-refractivity contribution in [2.45, 2.75) is 6.61 Å². The minimum absolute atomic E-state index is 0.0554. The smallest absolute Gasteiger partial charge is 0.387 e. The zero-order chi connectivity index (χ0) is 16.2. The van der Waals surface area contributed by atoms with Crippen LogP contribution in [0.15, 0.2) is 59.5 Å². The number of alkyl halides is 2. The molecule has 0 unspecified atom stereocenters. The molecule has 0 saturated carbocycles. The van der Waals surface area contributed by atoms with Crippen LogP contribution < -0.4 is 4.74 Å². The summed E-state index contributed by atoms with van der Waals surface area (Å²) in [5, 5.41) is 0. The second kappa shape index (κ2) is 6.35. The molecule has 1 aliphatic rings. The molecule has 0 amide bonds. The number of hydrogen-bond donors (Lipinski definition) is 0. The van der Waals surface area contributed by atoms with Gasteiger partial charge in [0.15, 0.2) is 5.70 Å². The van der Waals surface area contributed by atoms with E-state index >= 15 is 0 Å². The summed E-state index contributed by atoms with van der Waals surface area (Å²) in [6, 6.07) is 9.42. The van der Waals surface area contributed by atoms with Gasteiger partial charge in [-0.3, -0.25) is 4.98 Å². The minimum Gasteiger partial charge on any atom is -0.434 e. The third kappa shape index (κ3) is 3.39. The Hall–Kier alpha value is -3.09. The van der Waals surface area contributed by atoms with E-state index in [9.17, 15) is 13.6 Å². The molecule has 1 aromatic carbocycles. The second-order valence-electron chi connectivity index (χ2n) is 4.50. The number of ether oxygens (including phenoxy) is 2. The van der Waals surface area contributed by atoms with Crippen LogP contribution in [0.3, 0.4) is 0 Å². The molecule has 0 spiro atoms. The molecule has 0 aliphatic carbocycles. The number of aromatic nitrogens is 1. The van der Waals surface area contributed by atoms with Gasteiger partial charge < -0.3 is 9.47 Å². The monoisotopic (exact) mass is 316 g/mol. The van der Waals surface area contributed by atoms with Crippen molar-refractivity contribution >= 4 is 17.9 Å².